The van der Waals surface area contributed by atoms with Crippen LogP contribution in [0.4, 0.5) is 5.69 Å². The van der Waals surface area contributed by atoms with Crippen molar-refractivity contribution < 1.29 is 13.2 Å². The maximum atomic E-state index is 13.7. The molecule has 1 aliphatic heterocycles. The number of sulfonamides is 1. The molecule has 0 aliphatic carbocycles. The normalized spacial score (nSPS) is 19.1. The number of hydrogen-bond acceptors (Lipinski definition) is 5. The maximum absolute atomic E-state index is 13.7. The van der Waals surface area contributed by atoms with Gasteiger partial charge in [-0.2, -0.15) is 9.61 Å². The minimum Gasteiger partial charge on any atom is -0.343 e. The molecule has 3 heterocycles. The summed E-state index contributed by atoms with van der Waals surface area (Å²) >= 11 is 0. The topological polar surface area (TPSA) is 117 Å². The Morgan fingerprint density at radius 2 is 1.94 bits per heavy atom. The summed E-state index contributed by atoms with van der Waals surface area (Å²) in [5, 5.41) is 4.57. The third kappa shape index (κ3) is 4.52. The van der Waals surface area contributed by atoms with Gasteiger partial charge in [0.1, 0.15) is 5.65 Å². The molecule has 2 aromatic heterocycles. The number of aryl methyl sites for hydroxylation is 2. The molecule has 0 bridgehead atoms. The third-order valence-electron chi connectivity index (χ3n) is 6.29. The number of amides is 1. The van der Waals surface area contributed by atoms with Crippen LogP contribution in [0.2, 0.25) is 0 Å². The van der Waals surface area contributed by atoms with Crippen molar-refractivity contribution in [2.45, 2.75) is 46.6 Å². The summed E-state index contributed by atoms with van der Waals surface area (Å²) in [6.45, 7) is 8.09. The van der Waals surface area contributed by atoms with E-state index in [1.54, 1.807) is 30.0 Å². The number of likely N-dealkylation sites (tertiary alicyclic amines) is 1. The molecule has 1 saturated heterocycles. The fraction of sp³-hybridized carbons (Fsp3) is 0.435. The van der Waals surface area contributed by atoms with Crippen molar-refractivity contribution in [3.8, 4) is 0 Å². The molecule has 0 spiro atoms. The lowest BCUT2D eigenvalue weighted by Gasteiger charge is -2.38. The van der Waals surface area contributed by atoms with Crippen LogP contribution in [0.15, 0.2) is 29.1 Å². The predicted octanol–water partition coefficient (Wildman–Crippen LogP) is 2.93. The zero-order chi connectivity index (χ0) is 24.1. The Balaban J connectivity index is 1.78. The Kier molecular flexibility index (Phi) is 5.81. The monoisotopic (exact) mass is 471 g/mol. The van der Waals surface area contributed by atoms with Crippen LogP contribution in [0.3, 0.4) is 0 Å². The first kappa shape index (κ1) is 23.0. The summed E-state index contributed by atoms with van der Waals surface area (Å²) in [5.41, 5.74) is 3.81. The van der Waals surface area contributed by atoms with Gasteiger partial charge < -0.3 is 9.88 Å². The number of anilines is 1. The fourth-order valence-electron chi connectivity index (χ4n) is 4.35. The largest absolute Gasteiger partial charge is 0.343 e. The second kappa shape index (κ2) is 8.33. The number of carbonyl (C=O) groups is 1. The number of aromatic nitrogens is 3. The Labute approximate surface area is 192 Å². The first-order valence-electron chi connectivity index (χ1n) is 10.9. The summed E-state index contributed by atoms with van der Waals surface area (Å²) in [6, 6.07) is 6.56. The molecule has 1 fully saturated rings. The number of hydrogen-bond donors (Lipinski definition) is 2. The van der Waals surface area contributed by atoms with E-state index in [0.717, 1.165) is 23.9 Å². The number of fused-ring (bicyclic) bond motifs is 1. The number of aromatic amines is 1. The highest BCUT2D eigenvalue weighted by molar-refractivity contribution is 7.92. The summed E-state index contributed by atoms with van der Waals surface area (Å²) in [7, 11) is -3.56. The van der Waals surface area contributed by atoms with Gasteiger partial charge in [-0.05, 0) is 51.7 Å². The molecule has 2 N–H and O–H groups in total. The Morgan fingerprint density at radius 3 is 2.64 bits per heavy atom. The van der Waals surface area contributed by atoms with E-state index in [1.165, 1.54) is 4.52 Å². The molecule has 1 aromatic carbocycles. The molecule has 1 amide bonds. The second-order valence-corrected chi connectivity index (χ2v) is 10.9. The zero-order valence-electron chi connectivity index (χ0n) is 19.5. The number of H-pyrrole nitrogens is 1. The quantitative estimate of drug-likeness (QED) is 0.607. The predicted molar refractivity (Wildman–Crippen MR) is 127 cm³/mol. The third-order valence-corrected chi connectivity index (χ3v) is 6.88. The van der Waals surface area contributed by atoms with Gasteiger partial charge in [0.05, 0.1) is 29.2 Å². The van der Waals surface area contributed by atoms with E-state index in [4.69, 9.17) is 0 Å². The highest BCUT2D eigenvalue weighted by Crippen LogP contribution is 2.36. The number of benzene rings is 1. The number of nitrogens with one attached hydrogen (secondary N) is 2. The smallest absolute Gasteiger partial charge is 0.277 e. The first-order chi connectivity index (χ1) is 15.4. The molecule has 2 unspecified atom stereocenters. The van der Waals surface area contributed by atoms with Crippen molar-refractivity contribution >= 4 is 27.3 Å². The summed E-state index contributed by atoms with van der Waals surface area (Å²) in [4.78, 5) is 31.4. The van der Waals surface area contributed by atoms with Crippen LogP contribution in [-0.2, 0) is 10.0 Å². The van der Waals surface area contributed by atoms with Gasteiger partial charge in [0, 0.05) is 23.9 Å². The van der Waals surface area contributed by atoms with E-state index in [0.29, 0.717) is 41.4 Å². The molecule has 33 heavy (non-hydrogen) atoms. The van der Waals surface area contributed by atoms with Crippen LogP contribution in [-0.4, -0.2) is 46.6 Å². The molecule has 9 nitrogen and oxygen atoms in total. The number of rotatable bonds is 4. The van der Waals surface area contributed by atoms with Gasteiger partial charge in [-0.25, -0.2) is 8.42 Å². The minimum atomic E-state index is -3.56. The van der Waals surface area contributed by atoms with Gasteiger partial charge in [-0.3, -0.25) is 14.3 Å². The van der Waals surface area contributed by atoms with Crippen molar-refractivity contribution in [1.82, 2.24) is 19.5 Å². The van der Waals surface area contributed by atoms with E-state index in [1.807, 2.05) is 19.9 Å². The molecule has 176 valence electrons. The summed E-state index contributed by atoms with van der Waals surface area (Å²) < 4.78 is 27.6. The standard InChI is InChI=1S/C23H29N5O4S/c1-13-6-7-18(26-33(5,31)32)17(10-13)23(30)27-9-8-14(2)11-20(27)19-12-21-24-16(4)15(3)22(29)28(21)25-19/h6-7,10,12,14,20,24,26H,8-9,11H2,1-5H3. The van der Waals surface area contributed by atoms with Crippen molar-refractivity contribution in [3.63, 3.8) is 0 Å². The van der Waals surface area contributed by atoms with E-state index in [-0.39, 0.29) is 23.2 Å². The molecular formula is C23H29N5O4S. The van der Waals surface area contributed by atoms with Crippen molar-refractivity contribution in [3.05, 3.63) is 62.7 Å². The molecule has 2 atom stereocenters. The number of carbonyl (C=O) groups excluding carboxylic acids is 1. The molecule has 0 saturated carbocycles. The molecule has 4 rings (SSSR count). The van der Waals surface area contributed by atoms with Crippen LogP contribution in [0, 0.1) is 26.7 Å². The van der Waals surface area contributed by atoms with Crippen LogP contribution in [0.25, 0.3) is 5.65 Å². The maximum Gasteiger partial charge on any atom is 0.277 e. The summed E-state index contributed by atoms with van der Waals surface area (Å²) in [6.07, 6.45) is 2.58. The highest BCUT2D eigenvalue weighted by atomic mass is 32.2. The van der Waals surface area contributed by atoms with Crippen LogP contribution < -0.4 is 10.3 Å². The van der Waals surface area contributed by atoms with E-state index >= 15 is 0 Å². The summed E-state index contributed by atoms with van der Waals surface area (Å²) in [5.74, 6) is 0.103. The van der Waals surface area contributed by atoms with Gasteiger partial charge in [-0.15, -0.1) is 0 Å². The molecule has 10 heteroatoms. The highest BCUT2D eigenvalue weighted by Gasteiger charge is 2.34. The molecule has 3 aromatic rings. The number of piperidine rings is 1. The minimum absolute atomic E-state index is 0.187. The van der Waals surface area contributed by atoms with Crippen molar-refractivity contribution in [2.24, 2.45) is 5.92 Å². The van der Waals surface area contributed by atoms with Crippen LogP contribution in [0.1, 0.15) is 58.7 Å². The SMILES string of the molecule is Cc1ccc(NS(C)(=O)=O)c(C(=O)N2CCC(C)CC2c2cc3[nH]c(C)c(C)c(=O)n3n2)c1. The fourth-order valence-corrected chi connectivity index (χ4v) is 4.93. The average molecular weight is 472 g/mol. The van der Waals surface area contributed by atoms with Gasteiger partial charge >= 0.3 is 0 Å². The van der Waals surface area contributed by atoms with Crippen LogP contribution >= 0.6 is 0 Å². The average Bonchev–Trinajstić information content (AvgIpc) is 3.16. The second-order valence-electron chi connectivity index (χ2n) is 9.11. The van der Waals surface area contributed by atoms with Gasteiger partial charge in [0.25, 0.3) is 11.5 Å². The zero-order valence-corrected chi connectivity index (χ0v) is 20.3. The number of nitrogens with zero attached hydrogens (tertiary/aromatic N) is 3. The van der Waals surface area contributed by atoms with Crippen molar-refractivity contribution in [2.75, 3.05) is 17.5 Å². The van der Waals surface area contributed by atoms with E-state index < -0.39 is 10.0 Å². The lowest BCUT2D eigenvalue weighted by Crippen LogP contribution is -2.41. The first-order valence-corrected chi connectivity index (χ1v) is 12.8. The van der Waals surface area contributed by atoms with Crippen molar-refractivity contribution in [1.29, 1.82) is 0 Å². The lowest BCUT2D eigenvalue weighted by molar-refractivity contribution is 0.0552. The Morgan fingerprint density at radius 1 is 1.21 bits per heavy atom. The molecular weight excluding hydrogens is 442 g/mol. The van der Waals surface area contributed by atoms with Gasteiger partial charge in [0.2, 0.25) is 10.0 Å². The Hall–Kier alpha value is -3.14. The lowest BCUT2D eigenvalue weighted by atomic mass is 9.90. The molecule has 1 aliphatic rings. The Bertz CT molecular complexity index is 1410. The van der Waals surface area contributed by atoms with E-state index in [9.17, 15) is 18.0 Å². The molecule has 0 radical (unpaired) electrons. The van der Waals surface area contributed by atoms with Gasteiger partial charge in [0.15, 0.2) is 0 Å². The van der Waals surface area contributed by atoms with Gasteiger partial charge in [-0.1, -0.05) is 18.6 Å². The van der Waals surface area contributed by atoms with E-state index in [2.05, 4.69) is 21.7 Å². The van der Waals surface area contributed by atoms with Crippen LogP contribution in [0.5, 0.6) is 0 Å².